The van der Waals surface area contributed by atoms with Gasteiger partial charge in [0.1, 0.15) is 29.0 Å². The van der Waals surface area contributed by atoms with E-state index in [1.54, 1.807) is 45.0 Å². The van der Waals surface area contributed by atoms with Crippen LogP contribution in [0.4, 0.5) is 14.6 Å². The number of hydrogen-bond acceptors (Lipinski definition) is 8. The van der Waals surface area contributed by atoms with Crippen LogP contribution < -0.4 is 10.1 Å². The van der Waals surface area contributed by atoms with Gasteiger partial charge in [0, 0.05) is 11.6 Å². The minimum Gasteiger partial charge on any atom is -0.458 e. The number of aromatic amines is 1. The maximum Gasteiger partial charge on any atom is 0.331 e. The van der Waals surface area contributed by atoms with E-state index in [4.69, 9.17) is 21.1 Å². The molecule has 0 unspecified atom stereocenters. The van der Waals surface area contributed by atoms with Crippen LogP contribution in [0.3, 0.4) is 0 Å². The molecule has 0 aliphatic rings. The molecule has 2 aromatic heterocycles. The minimum absolute atomic E-state index is 0.0334. The van der Waals surface area contributed by atoms with Crippen LogP contribution in [-0.4, -0.2) is 49.5 Å². The number of halogens is 3. The molecule has 0 aliphatic carbocycles. The van der Waals surface area contributed by atoms with Crippen molar-refractivity contribution in [2.75, 3.05) is 11.9 Å². The molecule has 9 nitrogen and oxygen atoms in total. The molecule has 3 N–H and O–H groups in total. The lowest BCUT2D eigenvalue weighted by atomic mass is 10.1. The summed E-state index contributed by atoms with van der Waals surface area (Å²) in [4.78, 5) is 21.2. The monoisotopic (exact) mass is 517 g/mol. The molecule has 36 heavy (non-hydrogen) atoms. The number of fused-ring (bicyclic) bond motifs is 1. The smallest absolute Gasteiger partial charge is 0.331 e. The van der Waals surface area contributed by atoms with E-state index in [9.17, 15) is 18.7 Å². The molecule has 0 spiro atoms. The number of esters is 1. The van der Waals surface area contributed by atoms with Crippen LogP contribution in [0, 0.1) is 11.6 Å². The summed E-state index contributed by atoms with van der Waals surface area (Å²) < 4.78 is 38.3. The Hall–Kier alpha value is -3.83. The van der Waals surface area contributed by atoms with Gasteiger partial charge < -0.3 is 19.9 Å². The number of ether oxygens (including phenoxy) is 2. The van der Waals surface area contributed by atoms with Crippen molar-refractivity contribution in [3.05, 3.63) is 59.1 Å². The molecule has 1 atom stereocenters. The molecular weight excluding hydrogens is 496 g/mol. The predicted octanol–water partition coefficient (Wildman–Crippen LogP) is 4.86. The highest BCUT2D eigenvalue weighted by molar-refractivity contribution is 6.33. The van der Waals surface area contributed by atoms with Crippen LogP contribution in [0.15, 0.2) is 42.5 Å². The van der Waals surface area contributed by atoms with Gasteiger partial charge in [0.2, 0.25) is 0 Å². The van der Waals surface area contributed by atoms with Gasteiger partial charge in [-0.25, -0.2) is 13.6 Å². The van der Waals surface area contributed by atoms with Crippen molar-refractivity contribution in [3.63, 3.8) is 0 Å². The highest BCUT2D eigenvalue weighted by Crippen LogP contribution is 2.36. The zero-order valence-electron chi connectivity index (χ0n) is 19.5. The van der Waals surface area contributed by atoms with Gasteiger partial charge in [0.15, 0.2) is 17.2 Å². The molecule has 0 amide bonds. The van der Waals surface area contributed by atoms with E-state index < -0.39 is 35.9 Å². The number of aliphatic hydroxyl groups excluding tert-OH is 1. The molecule has 12 heteroatoms. The summed E-state index contributed by atoms with van der Waals surface area (Å²) in [5, 5.41) is 20.5. The summed E-state index contributed by atoms with van der Waals surface area (Å²) in [5.41, 5.74) is 0.271. The van der Waals surface area contributed by atoms with Crippen molar-refractivity contribution < 1.29 is 28.2 Å². The number of carbonyl (C=O) groups is 1. The molecule has 0 saturated carbocycles. The van der Waals surface area contributed by atoms with E-state index in [0.29, 0.717) is 27.7 Å². The minimum atomic E-state index is -1.22. The molecule has 0 radical (unpaired) electrons. The van der Waals surface area contributed by atoms with E-state index in [0.717, 1.165) is 12.1 Å². The van der Waals surface area contributed by atoms with Gasteiger partial charge in [-0.05, 0) is 39.0 Å². The number of anilines is 1. The highest BCUT2D eigenvalue weighted by atomic mass is 35.5. The summed E-state index contributed by atoms with van der Waals surface area (Å²) in [6.45, 7) is 4.45. The van der Waals surface area contributed by atoms with E-state index in [1.165, 1.54) is 0 Å². The lowest BCUT2D eigenvalue weighted by molar-refractivity contribution is -0.156. The molecule has 0 aliphatic heterocycles. The molecule has 0 fully saturated rings. The SMILES string of the molecule is CC(C)(C)OC(=O)[C@H](CO)Nc1nc(Oc2ccc(F)cc2F)nc2[nH]nc(-c3ccccc3Cl)c12. The summed E-state index contributed by atoms with van der Waals surface area (Å²) >= 11 is 6.37. The van der Waals surface area contributed by atoms with Crippen LogP contribution in [0.5, 0.6) is 11.8 Å². The Bertz CT molecular complexity index is 1420. The number of hydrogen-bond donors (Lipinski definition) is 3. The predicted molar refractivity (Wildman–Crippen MR) is 129 cm³/mol. The second-order valence-corrected chi connectivity index (χ2v) is 9.13. The molecule has 4 aromatic rings. The third kappa shape index (κ3) is 5.52. The van der Waals surface area contributed by atoms with Crippen LogP contribution in [0.1, 0.15) is 20.8 Å². The Balaban J connectivity index is 1.82. The Morgan fingerprint density at radius 3 is 2.61 bits per heavy atom. The molecular formula is C24H22ClF2N5O4. The number of rotatable bonds is 7. The van der Waals surface area contributed by atoms with Crippen molar-refractivity contribution in [2.24, 2.45) is 0 Å². The molecule has 2 aromatic carbocycles. The third-order valence-corrected chi connectivity index (χ3v) is 5.14. The number of H-pyrrole nitrogens is 1. The zero-order valence-corrected chi connectivity index (χ0v) is 20.2. The first kappa shape index (κ1) is 25.3. The summed E-state index contributed by atoms with van der Waals surface area (Å²) in [7, 11) is 0. The van der Waals surface area contributed by atoms with E-state index in [2.05, 4.69) is 25.5 Å². The first-order valence-electron chi connectivity index (χ1n) is 10.8. The van der Waals surface area contributed by atoms with Gasteiger partial charge >= 0.3 is 12.0 Å². The Morgan fingerprint density at radius 1 is 1.19 bits per heavy atom. The highest BCUT2D eigenvalue weighted by Gasteiger charge is 2.28. The first-order valence-corrected chi connectivity index (χ1v) is 11.2. The largest absolute Gasteiger partial charge is 0.458 e. The van der Waals surface area contributed by atoms with E-state index in [1.807, 2.05) is 0 Å². The Labute approximate surface area is 209 Å². The fourth-order valence-corrected chi connectivity index (χ4v) is 3.51. The van der Waals surface area contributed by atoms with Crippen LogP contribution in [0.25, 0.3) is 22.3 Å². The number of aliphatic hydroxyl groups is 1. The average Bonchev–Trinajstić information content (AvgIpc) is 3.22. The topological polar surface area (TPSA) is 122 Å². The first-order chi connectivity index (χ1) is 17.1. The van der Waals surface area contributed by atoms with Crippen LogP contribution in [0.2, 0.25) is 5.02 Å². The third-order valence-electron chi connectivity index (χ3n) is 4.81. The van der Waals surface area contributed by atoms with Crippen molar-refractivity contribution in [2.45, 2.75) is 32.4 Å². The van der Waals surface area contributed by atoms with Crippen LogP contribution in [-0.2, 0) is 9.53 Å². The maximum absolute atomic E-state index is 14.2. The zero-order chi connectivity index (χ0) is 26.0. The van der Waals surface area contributed by atoms with Gasteiger partial charge in [-0.15, -0.1) is 0 Å². The summed E-state index contributed by atoms with van der Waals surface area (Å²) in [6, 6.07) is 8.15. The number of carbonyl (C=O) groups excluding carboxylic acids is 1. The molecule has 4 rings (SSSR count). The number of nitrogens with zero attached hydrogens (tertiary/aromatic N) is 3. The van der Waals surface area contributed by atoms with Crippen molar-refractivity contribution in [1.82, 2.24) is 20.2 Å². The number of nitrogens with one attached hydrogen (secondary N) is 2. The van der Waals surface area contributed by atoms with Crippen molar-refractivity contribution in [3.8, 4) is 23.0 Å². The fourth-order valence-electron chi connectivity index (χ4n) is 3.28. The Kier molecular flexibility index (Phi) is 7.04. The van der Waals surface area contributed by atoms with E-state index in [-0.39, 0.29) is 23.2 Å². The number of benzene rings is 2. The van der Waals surface area contributed by atoms with Crippen LogP contribution >= 0.6 is 11.6 Å². The second kappa shape index (κ2) is 10.0. The fraction of sp³-hybridized carbons (Fsp3) is 0.250. The van der Waals surface area contributed by atoms with Crippen molar-refractivity contribution >= 4 is 34.4 Å². The average molecular weight is 518 g/mol. The van der Waals surface area contributed by atoms with Gasteiger partial charge in [0.05, 0.1) is 17.0 Å². The summed E-state index contributed by atoms with van der Waals surface area (Å²) in [6.07, 6.45) is 0. The lowest BCUT2D eigenvalue weighted by Crippen LogP contribution is -2.39. The molecule has 2 heterocycles. The summed E-state index contributed by atoms with van der Waals surface area (Å²) in [5.74, 6) is -2.76. The molecule has 188 valence electrons. The lowest BCUT2D eigenvalue weighted by Gasteiger charge is -2.24. The van der Waals surface area contributed by atoms with Gasteiger partial charge in [-0.3, -0.25) is 5.10 Å². The Morgan fingerprint density at radius 2 is 1.94 bits per heavy atom. The molecule has 0 bridgehead atoms. The quantitative estimate of drug-likeness (QED) is 0.297. The number of aromatic nitrogens is 4. The second-order valence-electron chi connectivity index (χ2n) is 8.72. The van der Waals surface area contributed by atoms with Crippen molar-refractivity contribution in [1.29, 1.82) is 0 Å². The standard InChI is InChI=1S/C24H22ClF2N5O4/c1-24(2,3)36-22(34)16(11-33)28-20-18-19(13-6-4-5-7-14(13)25)31-32-21(18)30-23(29-20)35-17-9-8-12(26)10-15(17)27/h4-10,16,33H,11H2,1-3H3,(H2,28,29,30,31,32)/t16-/m0/s1. The van der Waals surface area contributed by atoms with E-state index >= 15 is 0 Å². The maximum atomic E-state index is 14.2. The van der Waals surface area contributed by atoms with Gasteiger partial charge in [-0.1, -0.05) is 29.8 Å². The molecule has 0 saturated heterocycles. The van der Waals surface area contributed by atoms with Gasteiger partial charge in [-0.2, -0.15) is 15.1 Å². The van der Waals surface area contributed by atoms with Gasteiger partial charge in [0.25, 0.3) is 0 Å². The normalized spacial score (nSPS) is 12.4.